The van der Waals surface area contributed by atoms with Crippen molar-refractivity contribution in [1.29, 1.82) is 10.5 Å². The molecule has 0 fully saturated rings. The zero-order chi connectivity index (χ0) is 23.0. The Bertz CT molecular complexity index is 1270. The van der Waals surface area contributed by atoms with E-state index in [0.717, 1.165) is 5.56 Å². The summed E-state index contributed by atoms with van der Waals surface area (Å²) in [6, 6.07) is 18.4. The molecule has 8 nitrogen and oxygen atoms in total. The quantitative estimate of drug-likeness (QED) is 0.381. The van der Waals surface area contributed by atoms with Crippen LogP contribution < -0.4 is 5.32 Å². The average molecular weight is 489 g/mol. The highest BCUT2D eigenvalue weighted by Gasteiger charge is 2.12. The van der Waals surface area contributed by atoms with Gasteiger partial charge in [-0.25, -0.2) is 9.97 Å². The van der Waals surface area contributed by atoms with Gasteiger partial charge in [0.2, 0.25) is 5.95 Å². The zero-order valence-corrected chi connectivity index (χ0v) is 19.2. The van der Waals surface area contributed by atoms with E-state index in [2.05, 4.69) is 30.2 Å². The van der Waals surface area contributed by atoms with Crippen molar-refractivity contribution < 1.29 is 0 Å². The fraction of sp³-hybridized carbons (Fsp3) is 0.0455. The molecule has 0 amide bonds. The van der Waals surface area contributed by atoms with Crippen molar-refractivity contribution in [2.75, 3.05) is 5.32 Å². The van der Waals surface area contributed by atoms with Crippen molar-refractivity contribution in [2.24, 2.45) is 0 Å². The summed E-state index contributed by atoms with van der Waals surface area (Å²) in [6.45, 7) is 0.475. The van der Waals surface area contributed by atoms with Crippen LogP contribution in [-0.2, 0) is 6.54 Å². The predicted octanol–water partition coefficient (Wildman–Crippen LogP) is 4.97. The summed E-state index contributed by atoms with van der Waals surface area (Å²) in [4.78, 5) is 22.0. The van der Waals surface area contributed by atoms with Gasteiger partial charge in [0.25, 0.3) is 0 Å². The van der Waals surface area contributed by atoms with E-state index in [1.165, 1.54) is 35.9 Å². The summed E-state index contributed by atoms with van der Waals surface area (Å²) < 4.78 is 0. The average Bonchev–Trinajstić information content (AvgIpc) is 2.84. The molecule has 160 valence electrons. The van der Waals surface area contributed by atoms with Crippen LogP contribution in [0.2, 0.25) is 5.02 Å². The summed E-state index contributed by atoms with van der Waals surface area (Å²) in [5.74, 6) is 0.386. The molecule has 33 heavy (non-hydrogen) atoms. The van der Waals surface area contributed by atoms with E-state index in [4.69, 9.17) is 22.1 Å². The van der Waals surface area contributed by atoms with Gasteiger partial charge >= 0.3 is 0 Å². The minimum atomic E-state index is 0.386. The number of benzene rings is 1. The monoisotopic (exact) mass is 488 g/mol. The number of pyridine rings is 2. The molecule has 0 unspecified atom stereocenters. The number of nitrogens with one attached hydrogen (secondary N) is 1. The van der Waals surface area contributed by atoms with Gasteiger partial charge in [0.1, 0.15) is 22.2 Å². The van der Waals surface area contributed by atoms with E-state index in [-0.39, 0.29) is 0 Å². The Balaban J connectivity index is 1.59. The Labute approximate surface area is 203 Å². The minimum Gasteiger partial charge on any atom is -0.350 e. The maximum Gasteiger partial charge on any atom is 0.227 e. The first-order chi connectivity index (χ1) is 16.1. The first-order valence-corrected chi connectivity index (χ1v) is 11.4. The van der Waals surface area contributed by atoms with Gasteiger partial charge in [0, 0.05) is 24.0 Å². The lowest BCUT2D eigenvalue weighted by Gasteiger charge is -2.09. The van der Waals surface area contributed by atoms with E-state index in [0.29, 0.717) is 49.0 Å². The molecule has 11 heteroatoms. The molecule has 0 saturated carbocycles. The number of hydrogen-bond acceptors (Lipinski definition) is 10. The summed E-state index contributed by atoms with van der Waals surface area (Å²) in [5, 5.41) is 23.9. The van der Waals surface area contributed by atoms with Crippen molar-refractivity contribution in [3.63, 3.8) is 0 Å². The zero-order valence-electron chi connectivity index (χ0n) is 16.8. The largest absolute Gasteiger partial charge is 0.350 e. The van der Waals surface area contributed by atoms with Gasteiger partial charge in [-0.2, -0.15) is 25.5 Å². The van der Waals surface area contributed by atoms with E-state index in [1.807, 2.05) is 36.4 Å². The molecular formula is C22H13ClN8S2. The van der Waals surface area contributed by atoms with Crippen LogP contribution in [0.4, 0.5) is 5.95 Å². The predicted molar refractivity (Wildman–Crippen MR) is 125 cm³/mol. The molecule has 0 bridgehead atoms. The second-order valence-electron chi connectivity index (χ2n) is 6.41. The van der Waals surface area contributed by atoms with Gasteiger partial charge in [-0.3, -0.25) is 0 Å². The lowest BCUT2D eigenvalue weighted by molar-refractivity contribution is 0.797. The molecule has 0 radical (unpaired) electrons. The number of aromatic nitrogens is 5. The molecule has 4 rings (SSSR count). The highest BCUT2D eigenvalue weighted by Crippen LogP contribution is 2.28. The van der Waals surface area contributed by atoms with Crippen LogP contribution in [0, 0.1) is 22.7 Å². The lowest BCUT2D eigenvalue weighted by atomic mass is 10.2. The van der Waals surface area contributed by atoms with E-state index in [9.17, 15) is 0 Å². The maximum atomic E-state index is 8.96. The summed E-state index contributed by atoms with van der Waals surface area (Å²) in [7, 11) is 0. The van der Waals surface area contributed by atoms with Crippen LogP contribution in [0.3, 0.4) is 0 Å². The summed E-state index contributed by atoms with van der Waals surface area (Å²) in [5.41, 5.74) is 1.93. The summed E-state index contributed by atoms with van der Waals surface area (Å²) >= 11 is 8.58. The first kappa shape index (κ1) is 22.5. The molecule has 4 aromatic rings. The van der Waals surface area contributed by atoms with Gasteiger partial charge < -0.3 is 5.32 Å². The fourth-order valence-corrected chi connectivity index (χ4v) is 4.19. The molecule has 1 aromatic carbocycles. The molecule has 0 saturated heterocycles. The maximum absolute atomic E-state index is 8.96. The van der Waals surface area contributed by atoms with Gasteiger partial charge in [0.15, 0.2) is 10.3 Å². The Morgan fingerprint density at radius 3 is 1.91 bits per heavy atom. The third kappa shape index (κ3) is 6.40. The topological polar surface area (TPSA) is 124 Å². The Kier molecular flexibility index (Phi) is 7.33. The van der Waals surface area contributed by atoms with Crippen LogP contribution in [0.25, 0.3) is 0 Å². The van der Waals surface area contributed by atoms with Crippen LogP contribution in [-0.4, -0.2) is 24.9 Å². The molecule has 0 spiro atoms. The van der Waals surface area contributed by atoms with Gasteiger partial charge in [0.05, 0.1) is 11.1 Å². The first-order valence-electron chi connectivity index (χ1n) is 9.44. The van der Waals surface area contributed by atoms with Crippen molar-refractivity contribution in [1.82, 2.24) is 24.9 Å². The van der Waals surface area contributed by atoms with E-state index < -0.39 is 0 Å². The molecule has 0 aliphatic heterocycles. The number of hydrogen-bond donors (Lipinski definition) is 1. The normalized spacial score (nSPS) is 10.3. The van der Waals surface area contributed by atoms with Gasteiger partial charge in [-0.05, 0) is 65.5 Å². The van der Waals surface area contributed by atoms with Crippen LogP contribution in [0.1, 0.15) is 16.7 Å². The highest BCUT2D eigenvalue weighted by molar-refractivity contribution is 7.99. The van der Waals surface area contributed by atoms with Crippen molar-refractivity contribution in [3.05, 3.63) is 82.6 Å². The number of halogens is 1. The van der Waals surface area contributed by atoms with Gasteiger partial charge in [-0.1, -0.05) is 23.7 Å². The van der Waals surface area contributed by atoms with E-state index in [1.54, 1.807) is 24.3 Å². The van der Waals surface area contributed by atoms with Crippen LogP contribution in [0.15, 0.2) is 81.3 Å². The number of nitriles is 2. The number of nitrogens with zero attached hydrogens (tertiary/aromatic N) is 7. The Morgan fingerprint density at radius 2 is 1.42 bits per heavy atom. The van der Waals surface area contributed by atoms with Crippen molar-refractivity contribution in [2.45, 2.75) is 26.9 Å². The Hall–Kier alpha value is -3.70. The molecule has 0 aliphatic rings. The fourth-order valence-electron chi connectivity index (χ4n) is 2.54. The number of anilines is 1. The van der Waals surface area contributed by atoms with Gasteiger partial charge in [-0.15, -0.1) is 0 Å². The van der Waals surface area contributed by atoms with Crippen LogP contribution in [0.5, 0.6) is 0 Å². The molecule has 0 atom stereocenters. The molecule has 1 N–H and O–H groups in total. The highest BCUT2D eigenvalue weighted by atomic mass is 35.5. The van der Waals surface area contributed by atoms with E-state index >= 15 is 0 Å². The second kappa shape index (κ2) is 10.7. The molecular weight excluding hydrogens is 476 g/mol. The molecule has 0 aliphatic carbocycles. The second-order valence-corrected chi connectivity index (χ2v) is 8.82. The van der Waals surface area contributed by atoms with Crippen molar-refractivity contribution >= 4 is 41.1 Å². The van der Waals surface area contributed by atoms with Crippen molar-refractivity contribution in [3.8, 4) is 12.1 Å². The third-order valence-corrected chi connectivity index (χ3v) is 5.92. The third-order valence-electron chi connectivity index (χ3n) is 4.06. The smallest absolute Gasteiger partial charge is 0.227 e. The number of rotatable bonds is 7. The van der Waals surface area contributed by atoms with Crippen LogP contribution >= 0.6 is 35.1 Å². The Morgan fingerprint density at radius 1 is 0.818 bits per heavy atom. The standard InChI is InChI=1S/C22H13ClN8S2/c23-17-3-1-2-14(8-17)11-28-20-29-21(32-18-6-4-15(9-24)12-26-18)31-22(30-20)33-19-7-5-16(10-25)13-27-19/h1-8,12-13H,11H2,(H,28,29,30,31). The lowest BCUT2D eigenvalue weighted by Crippen LogP contribution is -2.06. The molecule has 3 heterocycles. The molecule has 3 aromatic heterocycles. The SMILES string of the molecule is N#Cc1ccc(Sc2nc(NCc3cccc(Cl)c3)nc(Sc3ccc(C#N)cn3)n2)nc1. The minimum absolute atomic E-state index is 0.386. The summed E-state index contributed by atoms with van der Waals surface area (Å²) in [6.07, 6.45) is 3.00.